The summed E-state index contributed by atoms with van der Waals surface area (Å²) < 4.78 is 7.36. The normalized spacial score (nSPS) is 12.3. The molecule has 5 aromatic rings. The minimum atomic E-state index is -0.177. The van der Waals surface area contributed by atoms with Crippen molar-refractivity contribution in [3.8, 4) is 21.9 Å². The van der Waals surface area contributed by atoms with Gasteiger partial charge in [-0.2, -0.15) is 4.68 Å². The van der Waals surface area contributed by atoms with Crippen molar-refractivity contribution >= 4 is 44.7 Å². The second-order valence-corrected chi connectivity index (χ2v) is 9.91. The maximum Gasteiger partial charge on any atom is 0.260 e. The van der Waals surface area contributed by atoms with E-state index < -0.39 is 0 Å². The first-order chi connectivity index (χ1) is 15.7. The Morgan fingerprint density at radius 1 is 1.22 bits per heavy atom. The smallest absolute Gasteiger partial charge is 0.260 e. The Morgan fingerprint density at radius 2 is 2.09 bits per heavy atom. The van der Waals surface area contributed by atoms with Crippen molar-refractivity contribution in [3.63, 3.8) is 0 Å². The van der Waals surface area contributed by atoms with Crippen LogP contribution in [-0.2, 0) is 0 Å². The van der Waals surface area contributed by atoms with E-state index in [1.807, 2.05) is 61.0 Å². The van der Waals surface area contributed by atoms with Gasteiger partial charge in [-0.1, -0.05) is 30.0 Å². The number of rotatable bonds is 7. The van der Waals surface area contributed by atoms with Crippen LogP contribution in [0.25, 0.3) is 26.3 Å². The molecular weight excluding hydrogens is 464 g/mol. The van der Waals surface area contributed by atoms with Gasteiger partial charge >= 0.3 is 0 Å². The van der Waals surface area contributed by atoms with Gasteiger partial charge in [0.2, 0.25) is 5.16 Å². The third-order valence-electron chi connectivity index (χ3n) is 4.75. The lowest BCUT2D eigenvalue weighted by atomic mass is 10.2. The van der Waals surface area contributed by atoms with Crippen molar-refractivity contribution in [1.29, 1.82) is 0 Å². The molecule has 0 radical (unpaired) electrons. The fourth-order valence-corrected chi connectivity index (χ4v) is 5.93. The summed E-state index contributed by atoms with van der Waals surface area (Å²) >= 11 is 4.50. The zero-order chi connectivity index (χ0) is 22.1. The van der Waals surface area contributed by atoms with Crippen molar-refractivity contribution in [2.24, 2.45) is 0 Å². The molecule has 32 heavy (non-hydrogen) atoms. The van der Waals surface area contributed by atoms with E-state index >= 15 is 0 Å². The van der Waals surface area contributed by atoms with Crippen molar-refractivity contribution < 1.29 is 4.74 Å². The zero-order valence-corrected chi connectivity index (χ0v) is 19.6. The molecule has 4 heterocycles. The number of aromatic amines is 1. The highest BCUT2D eigenvalue weighted by Crippen LogP contribution is 2.37. The number of thioether (sulfide) groups is 1. The van der Waals surface area contributed by atoms with Gasteiger partial charge in [-0.3, -0.25) is 4.79 Å². The van der Waals surface area contributed by atoms with Gasteiger partial charge in [0.05, 0.1) is 17.2 Å². The van der Waals surface area contributed by atoms with Crippen LogP contribution in [0.2, 0.25) is 0 Å². The van der Waals surface area contributed by atoms with Gasteiger partial charge in [0.1, 0.15) is 22.1 Å². The van der Waals surface area contributed by atoms with E-state index in [1.165, 1.54) is 23.1 Å². The summed E-state index contributed by atoms with van der Waals surface area (Å²) in [7, 11) is 0. The van der Waals surface area contributed by atoms with Crippen LogP contribution in [0.15, 0.2) is 57.1 Å². The molecule has 162 valence electrons. The molecule has 5 rings (SSSR count). The molecule has 0 aliphatic heterocycles. The van der Waals surface area contributed by atoms with Crippen molar-refractivity contribution in [2.45, 2.75) is 24.3 Å². The summed E-state index contributed by atoms with van der Waals surface area (Å²) in [5, 5.41) is 17.2. The highest BCUT2D eigenvalue weighted by Gasteiger charge is 2.21. The minimum absolute atomic E-state index is 0.136. The predicted octanol–water partition coefficient (Wildman–Crippen LogP) is 4.94. The molecule has 0 fully saturated rings. The lowest BCUT2D eigenvalue weighted by Crippen LogP contribution is -2.12. The van der Waals surface area contributed by atoms with Gasteiger partial charge in [0, 0.05) is 15.8 Å². The molecule has 0 aliphatic carbocycles. The lowest BCUT2D eigenvalue weighted by Gasteiger charge is -2.13. The van der Waals surface area contributed by atoms with Crippen LogP contribution < -0.4 is 10.3 Å². The molecule has 0 saturated carbocycles. The number of benzene rings is 1. The topological polar surface area (TPSA) is 98.6 Å². The summed E-state index contributed by atoms with van der Waals surface area (Å²) in [6.45, 7) is 4.44. The number of H-pyrrole nitrogens is 1. The van der Waals surface area contributed by atoms with E-state index in [0.717, 1.165) is 21.0 Å². The number of fused-ring (bicyclic) bond motifs is 1. The molecule has 11 heteroatoms. The number of nitrogens with one attached hydrogen (secondary N) is 1. The summed E-state index contributed by atoms with van der Waals surface area (Å²) in [6, 6.07) is 11.6. The molecule has 0 saturated heterocycles. The van der Waals surface area contributed by atoms with Gasteiger partial charge < -0.3 is 9.72 Å². The third-order valence-corrected chi connectivity index (χ3v) is 7.57. The fraction of sp³-hybridized carbons (Fsp3) is 0.190. The fourth-order valence-electron chi connectivity index (χ4n) is 3.30. The number of thiophene rings is 2. The number of para-hydroxylation sites is 2. The van der Waals surface area contributed by atoms with Gasteiger partial charge in [-0.25, -0.2) is 4.98 Å². The quantitative estimate of drug-likeness (QED) is 0.328. The van der Waals surface area contributed by atoms with Gasteiger partial charge in [-0.05, 0) is 47.9 Å². The molecule has 1 aromatic carbocycles. The molecule has 0 bridgehead atoms. The highest BCUT2D eigenvalue weighted by molar-refractivity contribution is 7.99. The molecule has 1 N–H and O–H groups in total. The Kier molecular flexibility index (Phi) is 5.77. The number of aromatic nitrogens is 6. The van der Waals surface area contributed by atoms with Crippen molar-refractivity contribution in [3.05, 3.63) is 63.3 Å². The number of hydrogen-bond acceptors (Lipinski definition) is 9. The summed E-state index contributed by atoms with van der Waals surface area (Å²) in [5.41, 5.74) is 1.55. The minimum Gasteiger partial charge on any atom is -0.492 e. The Balaban J connectivity index is 1.47. The van der Waals surface area contributed by atoms with Crippen LogP contribution in [-0.4, -0.2) is 36.8 Å². The van der Waals surface area contributed by atoms with E-state index in [0.29, 0.717) is 28.7 Å². The molecule has 8 nitrogen and oxygen atoms in total. The van der Waals surface area contributed by atoms with E-state index in [9.17, 15) is 4.79 Å². The van der Waals surface area contributed by atoms with E-state index in [4.69, 9.17) is 9.72 Å². The standard InChI is InChI=1S/C21H18N6O2S3/c1-3-29-15-8-5-4-7-14(15)27-21(24-25-26-27)32-12(2)18-22-19(28)17-13(11-31-20(17)23-18)16-9-6-10-30-16/h4-12H,3H2,1-2H3,(H,22,23,28). The first-order valence-electron chi connectivity index (χ1n) is 9.88. The third kappa shape index (κ3) is 3.83. The zero-order valence-electron chi connectivity index (χ0n) is 17.2. The first-order valence-corrected chi connectivity index (χ1v) is 12.5. The van der Waals surface area contributed by atoms with Crippen LogP contribution in [0.5, 0.6) is 5.75 Å². The lowest BCUT2D eigenvalue weighted by molar-refractivity contribution is 0.337. The number of tetrazole rings is 1. The van der Waals surface area contributed by atoms with Crippen molar-refractivity contribution in [2.75, 3.05) is 6.61 Å². The largest absolute Gasteiger partial charge is 0.492 e. The highest BCUT2D eigenvalue weighted by atomic mass is 32.2. The summed E-state index contributed by atoms with van der Waals surface area (Å²) in [5.74, 6) is 1.28. The number of hydrogen-bond donors (Lipinski definition) is 1. The first kappa shape index (κ1) is 20.9. The average Bonchev–Trinajstić information content (AvgIpc) is 3.55. The molecule has 1 unspecified atom stereocenters. The van der Waals surface area contributed by atoms with Crippen LogP contribution >= 0.6 is 34.4 Å². The number of ether oxygens (including phenoxy) is 1. The van der Waals surface area contributed by atoms with Crippen LogP contribution in [0.4, 0.5) is 0 Å². The van der Waals surface area contributed by atoms with E-state index in [-0.39, 0.29) is 10.8 Å². The predicted molar refractivity (Wildman–Crippen MR) is 128 cm³/mol. The Hall–Kier alpha value is -3.02. The molecule has 0 spiro atoms. The van der Waals surface area contributed by atoms with Gasteiger partial charge in [-0.15, -0.1) is 27.8 Å². The second-order valence-electron chi connectivity index (χ2n) is 6.79. The Morgan fingerprint density at radius 3 is 2.91 bits per heavy atom. The van der Waals surface area contributed by atoms with Gasteiger partial charge in [0.25, 0.3) is 5.56 Å². The molecule has 4 aromatic heterocycles. The summed E-state index contributed by atoms with van der Waals surface area (Å²) in [4.78, 5) is 22.4. The molecular formula is C21H18N6O2S3. The maximum absolute atomic E-state index is 12.9. The molecule has 0 amide bonds. The monoisotopic (exact) mass is 482 g/mol. The second kappa shape index (κ2) is 8.85. The Bertz CT molecular complexity index is 1420. The van der Waals surface area contributed by atoms with Gasteiger partial charge in [0.15, 0.2) is 0 Å². The average molecular weight is 483 g/mol. The van der Waals surface area contributed by atoms with Crippen LogP contribution in [0.3, 0.4) is 0 Å². The SMILES string of the molecule is CCOc1ccccc1-n1nnnc1SC(C)c1nc2scc(-c3cccs3)c2c(=O)[nH]1. The summed E-state index contributed by atoms with van der Waals surface area (Å²) in [6.07, 6.45) is 0. The van der Waals surface area contributed by atoms with Crippen LogP contribution in [0, 0.1) is 0 Å². The molecule has 1 atom stereocenters. The molecule has 0 aliphatic rings. The van der Waals surface area contributed by atoms with Crippen molar-refractivity contribution in [1.82, 2.24) is 30.2 Å². The maximum atomic E-state index is 12.9. The van der Waals surface area contributed by atoms with E-state index in [1.54, 1.807) is 16.0 Å². The number of nitrogens with zero attached hydrogens (tertiary/aromatic N) is 5. The van der Waals surface area contributed by atoms with E-state index in [2.05, 4.69) is 20.5 Å². The Labute approximate surface area is 195 Å². The van der Waals surface area contributed by atoms with Crippen LogP contribution in [0.1, 0.15) is 24.9 Å².